The summed E-state index contributed by atoms with van der Waals surface area (Å²) in [6, 6.07) is 10.0. The van der Waals surface area contributed by atoms with Crippen molar-refractivity contribution in [2.24, 2.45) is 0 Å². The Kier molecular flexibility index (Phi) is 4.63. The molecule has 1 fully saturated rings. The van der Waals surface area contributed by atoms with E-state index < -0.39 is 0 Å². The first kappa shape index (κ1) is 16.0. The average molecular weight is 332 g/mol. The molecule has 1 aromatic heterocycles. The van der Waals surface area contributed by atoms with Gasteiger partial charge in [-0.1, -0.05) is 6.07 Å². The predicted molar refractivity (Wildman–Crippen MR) is 91.1 cm³/mol. The molecule has 0 N–H and O–H groups in total. The lowest BCUT2D eigenvalue weighted by Gasteiger charge is -2.23. The molecule has 2 heterocycles. The molecule has 23 heavy (non-hydrogen) atoms. The van der Waals surface area contributed by atoms with Crippen LogP contribution in [0.5, 0.6) is 5.75 Å². The van der Waals surface area contributed by atoms with Gasteiger partial charge < -0.3 is 4.74 Å². The Hall–Kier alpha value is -1.92. The van der Waals surface area contributed by atoms with Crippen LogP contribution in [-0.4, -0.2) is 23.5 Å². The molecule has 1 saturated heterocycles. The molecular weight excluding hydrogens is 312 g/mol. The highest BCUT2D eigenvalue weighted by Crippen LogP contribution is 2.37. The maximum atomic E-state index is 11.2. The van der Waals surface area contributed by atoms with E-state index >= 15 is 0 Å². The van der Waals surface area contributed by atoms with Crippen molar-refractivity contribution in [3.8, 4) is 5.75 Å². The molecule has 0 radical (unpaired) electrons. The molecule has 1 aromatic carbocycles. The Morgan fingerprint density at radius 3 is 2.87 bits per heavy atom. The van der Waals surface area contributed by atoms with Gasteiger partial charge in [0.2, 0.25) is 0 Å². The lowest BCUT2D eigenvalue weighted by molar-refractivity contribution is -0.385. The zero-order chi connectivity index (χ0) is 16.4. The van der Waals surface area contributed by atoms with Gasteiger partial charge in [-0.15, -0.1) is 11.3 Å². The minimum atomic E-state index is -0.383. The summed E-state index contributed by atoms with van der Waals surface area (Å²) in [5, 5.41) is 11.2. The first-order valence-corrected chi connectivity index (χ1v) is 8.52. The second kappa shape index (κ2) is 6.68. The number of hydrogen-bond donors (Lipinski definition) is 0. The Morgan fingerprint density at radius 2 is 2.22 bits per heavy atom. The largest absolute Gasteiger partial charge is 0.490 e. The third-order valence-corrected chi connectivity index (χ3v) is 5.38. The van der Waals surface area contributed by atoms with E-state index in [9.17, 15) is 10.1 Å². The van der Waals surface area contributed by atoms with Crippen LogP contribution in [0.3, 0.4) is 0 Å². The molecule has 122 valence electrons. The summed E-state index contributed by atoms with van der Waals surface area (Å²) in [6.07, 6.45) is 2.32. The van der Waals surface area contributed by atoms with Crippen molar-refractivity contribution >= 4 is 17.0 Å². The van der Waals surface area contributed by atoms with Gasteiger partial charge in [-0.05, 0) is 50.1 Å². The number of aryl methyl sites for hydroxylation is 1. The predicted octanol–water partition coefficient (Wildman–Crippen LogP) is 4.31. The van der Waals surface area contributed by atoms with Crippen molar-refractivity contribution in [1.82, 2.24) is 4.90 Å². The van der Waals surface area contributed by atoms with Crippen LogP contribution in [0.25, 0.3) is 0 Å². The van der Waals surface area contributed by atoms with Crippen LogP contribution < -0.4 is 4.74 Å². The fourth-order valence-electron chi connectivity index (χ4n) is 3.18. The van der Waals surface area contributed by atoms with E-state index in [1.54, 1.807) is 12.1 Å². The standard InChI is InChI=1S/C17H20N2O3S/c1-12-5-8-17(23-12)14-4-3-9-18(14)11-13-6-7-16(22-2)15(10-13)19(20)21/h5-8,10,14H,3-4,9,11H2,1-2H3. The number of nitrogens with zero attached hydrogens (tertiary/aromatic N) is 2. The van der Waals surface area contributed by atoms with Gasteiger partial charge in [-0.2, -0.15) is 0 Å². The van der Waals surface area contributed by atoms with Crippen LogP contribution in [0.4, 0.5) is 5.69 Å². The van der Waals surface area contributed by atoms with Gasteiger partial charge in [-0.3, -0.25) is 15.0 Å². The molecule has 5 nitrogen and oxygen atoms in total. The number of nitro benzene ring substituents is 1. The Morgan fingerprint density at radius 1 is 1.39 bits per heavy atom. The van der Waals surface area contributed by atoms with Crippen molar-refractivity contribution in [1.29, 1.82) is 0 Å². The first-order valence-electron chi connectivity index (χ1n) is 7.70. The van der Waals surface area contributed by atoms with Crippen LogP contribution in [0.1, 0.15) is 34.2 Å². The SMILES string of the molecule is COc1ccc(CN2CCCC2c2ccc(C)s2)cc1[N+](=O)[O-]. The number of methoxy groups -OCH3 is 1. The summed E-state index contributed by atoms with van der Waals surface area (Å²) in [6.45, 7) is 3.88. The lowest BCUT2D eigenvalue weighted by atomic mass is 10.1. The molecule has 1 atom stereocenters. The molecule has 3 rings (SSSR count). The number of thiophene rings is 1. The van der Waals surface area contributed by atoms with Gasteiger partial charge >= 0.3 is 5.69 Å². The van der Waals surface area contributed by atoms with E-state index in [1.165, 1.54) is 23.3 Å². The van der Waals surface area contributed by atoms with E-state index in [4.69, 9.17) is 4.74 Å². The van der Waals surface area contributed by atoms with Gasteiger partial charge in [0.05, 0.1) is 12.0 Å². The van der Waals surface area contributed by atoms with Gasteiger partial charge in [-0.25, -0.2) is 0 Å². The lowest BCUT2D eigenvalue weighted by Crippen LogP contribution is -2.22. The summed E-state index contributed by atoms with van der Waals surface area (Å²) < 4.78 is 5.07. The minimum Gasteiger partial charge on any atom is -0.490 e. The van der Waals surface area contributed by atoms with E-state index in [2.05, 4.69) is 24.0 Å². The molecule has 1 aliphatic heterocycles. The zero-order valence-electron chi connectivity index (χ0n) is 13.3. The maximum Gasteiger partial charge on any atom is 0.311 e. The average Bonchev–Trinajstić information content (AvgIpc) is 3.15. The van der Waals surface area contributed by atoms with Gasteiger partial charge in [0.15, 0.2) is 5.75 Å². The second-order valence-corrected chi connectivity index (χ2v) is 7.16. The molecule has 0 saturated carbocycles. The monoisotopic (exact) mass is 332 g/mol. The number of ether oxygens (including phenoxy) is 1. The topological polar surface area (TPSA) is 55.6 Å². The van der Waals surface area contributed by atoms with E-state index in [1.807, 2.05) is 17.4 Å². The molecule has 0 aliphatic carbocycles. The van der Waals surface area contributed by atoms with Gasteiger partial charge in [0.25, 0.3) is 0 Å². The first-order chi connectivity index (χ1) is 11.1. The summed E-state index contributed by atoms with van der Waals surface area (Å²) in [5.74, 6) is 0.311. The highest BCUT2D eigenvalue weighted by molar-refractivity contribution is 7.12. The maximum absolute atomic E-state index is 11.2. The van der Waals surface area contributed by atoms with Crippen molar-refractivity contribution < 1.29 is 9.66 Å². The summed E-state index contributed by atoms with van der Waals surface area (Å²) in [5.41, 5.74) is 0.991. The van der Waals surface area contributed by atoms with Crippen molar-refractivity contribution in [2.75, 3.05) is 13.7 Å². The fourth-order valence-corrected chi connectivity index (χ4v) is 4.23. The second-order valence-electron chi connectivity index (χ2n) is 5.84. The molecule has 0 bridgehead atoms. The van der Waals surface area contributed by atoms with Crippen molar-refractivity contribution in [3.05, 3.63) is 55.8 Å². The number of nitro groups is 1. The van der Waals surface area contributed by atoms with Crippen LogP contribution in [0, 0.1) is 17.0 Å². The van der Waals surface area contributed by atoms with Crippen LogP contribution >= 0.6 is 11.3 Å². The van der Waals surface area contributed by atoms with E-state index in [-0.39, 0.29) is 10.6 Å². The quantitative estimate of drug-likeness (QED) is 0.605. The normalized spacial score (nSPS) is 18.3. The molecule has 1 aliphatic rings. The Bertz CT molecular complexity index is 714. The van der Waals surface area contributed by atoms with E-state index in [0.29, 0.717) is 11.8 Å². The van der Waals surface area contributed by atoms with E-state index in [0.717, 1.165) is 25.1 Å². The summed E-state index contributed by atoms with van der Waals surface area (Å²) in [4.78, 5) is 15.9. The Labute approximate surface area is 139 Å². The molecule has 6 heteroatoms. The Balaban J connectivity index is 1.81. The summed E-state index contributed by atoms with van der Waals surface area (Å²) in [7, 11) is 1.46. The highest BCUT2D eigenvalue weighted by Gasteiger charge is 2.27. The fraction of sp³-hybridized carbons (Fsp3) is 0.412. The third kappa shape index (κ3) is 3.38. The van der Waals surface area contributed by atoms with Crippen LogP contribution in [0.15, 0.2) is 30.3 Å². The minimum absolute atomic E-state index is 0.0349. The highest BCUT2D eigenvalue weighted by atomic mass is 32.1. The number of hydrogen-bond acceptors (Lipinski definition) is 5. The molecule has 1 unspecified atom stereocenters. The van der Waals surface area contributed by atoms with Gasteiger partial charge in [0.1, 0.15) is 0 Å². The molecular formula is C17H20N2O3S. The molecule has 0 amide bonds. The van der Waals surface area contributed by atoms with Crippen LogP contribution in [0.2, 0.25) is 0 Å². The van der Waals surface area contributed by atoms with Crippen molar-refractivity contribution in [3.63, 3.8) is 0 Å². The third-order valence-electron chi connectivity index (χ3n) is 4.28. The zero-order valence-corrected chi connectivity index (χ0v) is 14.1. The molecule has 0 spiro atoms. The number of rotatable bonds is 5. The molecule has 2 aromatic rings. The van der Waals surface area contributed by atoms with Crippen LogP contribution in [-0.2, 0) is 6.54 Å². The smallest absolute Gasteiger partial charge is 0.311 e. The number of benzene rings is 1. The van der Waals surface area contributed by atoms with Gasteiger partial charge in [0, 0.05) is 28.4 Å². The summed E-state index contributed by atoms with van der Waals surface area (Å²) >= 11 is 1.84. The van der Waals surface area contributed by atoms with Crippen molar-refractivity contribution in [2.45, 2.75) is 32.4 Å². The number of likely N-dealkylation sites (tertiary alicyclic amines) is 1.